The van der Waals surface area contributed by atoms with Gasteiger partial charge in [-0.1, -0.05) is 6.42 Å². The SMILES string of the molecule is O=C(O)CCCCCNCCCC(=O)NC1CC1. The summed E-state index contributed by atoms with van der Waals surface area (Å²) in [5.74, 6) is -0.551. The third-order valence-corrected chi connectivity index (χ3v) is 2.94. The molecule has 1 fully saturated rings. The fraction of sp³-hybridized carbons (Fsp3) is 0.846. The maximum Gasteiger partial charge on any atom is 0.303 e. The largest absolute Gasteiger partial charge is 0.481 e. The quantitative estimate of drug-likeness (QED) is 0.487. The summed E-state index contributed by atoms with van der Waals surface area (Å²) >= 11 is 0. The average Bonchev–Trinajstić information content (AvgIpc) is 3.10. The van der Waals surface area contributed by atoms with Gasteiger partial charge < -0.3 is 15.7 Å². The predicted octanol–water partition coefficient (Wildman–Crippen LogP) is 1.28. The molecule has 0 saturated heterocycles. The number of carboxylic acids is 1. The Morgan fingerprint density at radius 1 is 1.00 bits per heavy atom. The van der Waals surface area contributed by atoms with E-state index in [0.717, 1.165) is 51.6 Å². The zero-order chi connectivity index (χ0) is 13.2. The second kappa shape index (κ2) is 8.91. The van der Waals surface area contributed by atoms with Gasteiger partial charge in [-0.05, 0) is 45.2 Å². The molecule has 0 unspecified atom stereocenters. The third kappa shape index (κ3) is 8.98. The van der Waals surface area contributed by atoms with Gasteiger partial charge in [-0.2, -0.15) is 0 Å². The van der Waals surface area contributed by atoms with E-state index in [4.69, 9.17) is 5.11 Å². The normalized spacial score (nSPS) is 14.4. The number of hydrogen-bond donors (Lipinski definition) is 3. The highest BCUT2D eigenvalue weighted by atomic mass is 16.4. The van der Waals surface area contributed by atoms with Crippen LogP contribution in [0.4, 0.5) is 0 Å². The molecular formula is C13H24N2O3. The summed E-state index contributed by atoms with van der Waals surface area (Å²) in [5.41, 5.74) is 0. The van der Waals surface area contributed by atoms with E-state index >= 15 is 0 Å². The van der Waals surface area contributed by atoms with Gasteiger partial charge in [0.1, 0.15) is 0 Å². The average molecular weight is 256 g/mol. The topological polar surface area (TPSA) is 78.4 Å². The summed E-state index contributed by atoms with van der Waals surface area (Å²) in [4.78, 5) is 21.6. The van der Waals surface area contributed by atoms with Crippen molar-refractivity contribution in [2.45, 2.75) is 57.4 Å². The summed E-state index contributed by atoms with van der Waals surface area (Å²) in [5, 5.41) is 14.7. The van der Waals surface area contributed by atoms with Crippen LogP contribution in [0.2, 0.25) is 0 Å². The van der Waals surface area contributed by atoms with Gasteiger partial charge in [-0.25, -0.2) is 0 Å². The van der Waals surface area contributed by atoms with E-state index in [1.165, 1.54) is 0 Å². The molecule has 0 aromatic rings. The number of carbonyl (C=O) groups is 2. The standard InChI is InChI=1S/C13H24N2O3/c16-12(15-11-7-8-11)5-4-10-14-9-3-1-2-6-13(17)18/h11,14H,1-10H2,(H,15,16)(H,17,18). The summed E-state index contributed by atoms with van der Waals surface area (Å²) in [7, 11) is 0. The van der Waals surface area contributed by atoms with Gasteiger partial charge in [0.05, 0.1) is 0 Å². The van der Waals surface area contributed by atoms with Crippen LogP contribution in [0, 0.1) is 0 Å². The zero-order valence-corrected chi connectivity index (χ0v) is 10.9. The van der Waals surface area contributed by atoms with Crippen molar-refractivity contribution >= 4 is 11.9 Å². The summed E-state index contributed by atoms with van der Waals surface area (Å²) < 4.78 is 0. The van der Waals surface area contributed by atoms with Crippen molar-refractivity contribution < 1.29 is 14.7 Å². The first-order valence-electron chi connectivity index (χ1n) is 6.90. The molecule has 0 aliphatic heterocycles. The number of unbranched alkanes of at least 4 members (excludes halogenated alkanes) is 2. The van der Waals surface area contributed by atoms with Crippen molar-refractivity contribution in [3.05, 3.63) is 0 Å². The fourth-order valence-corrected chi connectivity index (χ4v) is 1.73. The molecule has 0 spiro atoms. The van der Waals surface area contributed by atoms with Crippen LogP contribution >= 0.6 is 0 Å². The lowest BCUT2D eigenvalue weighted by Crippen LogP contribution is -2.26. The molecule has 1 aliphatic rings. The van der Waals surface area contributed by atoms with E-state index in [1.54, 1.807) is 0 Å². The summed E-state index contributed by atoms with van der Waals surface area (Å²) in [6.07, 6.45) is 6.71. The first kappa shape index (κ1) is 15.0. The molecule has 0 aromatic heterocycles. The van der Waals surface area contributed by atoms with Crippen LogP contribution < -0.4 is 10.6 Å². The minimum Gasteiger partial charge on any atom is -0.481 e. The Bertz CT molecular complexity index is 265. The molecule has 1 amide bonds. The molecule has 0 heterocycles. The van der Waals surface area contributed by atoms with Crippen LogP contribution in [0.5, 0.6) is 0 Å². The van der Waals surface area contributed by atoms with E-state index in [2.05, 4.69) is 10.6 Å². The summed E-state index contributed by atoms with van der Waals surface area (Å²) in [6, 6.07) is 0.458. The highest BCUT2D eigenvalue weighted by Gasteiger charge is 2.22. The van der Waals surface area contributed by atoms with Gasteiger partial charge in [0.25, 0.3) is 0 Å². The second-order valence-corrected chi connectivity index (χ2v) is 4.90. The van der Waals surface area contributed by atoms with E-state index < -0.39 is 5.97 Å². The molecule has 0 aromatic carbocycles. The smallest absolute Gasteiger partial charge is 0.303 e. The van der Waals surface area contributed by atoms with Gasteiger partial charge in [0, 0.05) is 18.9 Å². The molecule has 3 N–H and O–H groups in total. The first-order chi connectivity index (χ1) is 8.68. The lowest BCUT2D eigenvalue weighted by Gasteiger charge is -2.05. The zero-order valence-electron chi connectivity index (χ0n) is 10.9. The number of carboxylic acid groups (broad SMARTS) is 1. The molecule has 0 atom stereocenters. The predicted molar refractivity (Wildman–Crippen MR) is 69.4 cm³/mol. The number of rotatable bonds is 11. The Morgan fingerprint density at radius 3 is 2.39 bits per heavy atom. The van der Waals surface area contributed by atoms with E-state index in [0.29, 0.717) is 12.5 Å². The number of aliphatic carboxylic acids is 1. The first-order valence-corrected chi connectivity index (χ1v) is 6.90. The van der Waals surface area contributed by atoms with Gasteiger partial charge in [-0.3, -0.25) is 9.59 Å². The minimum atomic E-state index is -0.718. The molecule has 0 bridgehead atoms. The van der Waals surface area contributed by atoms with E-state index in [1.807, 2.05) is 0 Å². The minimum absolute atomic E-state index is 0.167. The molecule has 1 saturated carbocycles. The lowest BCUT2D eigenvalue weighted by molar-refractivity contribution is -0.137. The maximum atomic E-state index is 11.3. The summed E-state index contributed by atoms with van der Waals surface area (Å²) in [6.45, 7) is 1.76. The number of carbonyl (C=O) groups excluding carboxylic acids is 1. The number of nitrogens with one attached hydrogen (secondary N) is 2. The molecule has 5 nitrogen and oxygen atoms in total. The van der Waals surface area contributed by atoms with Crippen LogP contribution in [0.3, 0.4) is 0 Å². The van der Waals surface area contributed by atoms with Gasteiger partial charge in [-0.15, -0.1) is 0 Å². The van der Waals surface area contributed by atoms with Crippen molar-refractivity contribution in [1.82, 2.24) is 10.6 Å². The molecule has 1 aliphatic carbocycles. The number of hydrogen-bond acceptors (Lipinski definition) is 3. The molecule has 1 rings (SSSR count). The van der Waals surface area contributed by atoms with Crippen molar-refractivity contribution in [3.8, 4) is 0 Å². The molecule has 0 radical (unpaired) electrons. The monoisotopic (exact) mass is 256 g/mol. The van der Waals surface area contributed by atoms with Crippen LogP contribution in [0.15, 0.2) is 0 Å². The highest BCUT2D eigenvalue weighted by molar-refractivity contribution is 5.76. The highest BCUT2D eigenvalue weighted by Crippen LogP contribution is 2.18. The van der Waals surface area contributed by atoms with Crippen LogP contribution in [-0.4, -0.2) is 36.1 Å². The number of amides is 1. The van der Waals surface area contributed by atoms with E-state index in [9.17, 15) is 9.59 Å². The maximum absolute atomic E-state index is 11.3. The van der Waals surface area contributed by atoms with Crippen LogP contribution in [0.25, 0.3) is 0 Å². The second-order valence-electron chi connectivity index (χ2n) is 4.90. The van der Waals surface area contributed by atoms with Gasteiger partial charge in [0.15, 0.2) is 0 Å². The lowest BCUT2D eigenvalue weighted by atomic mass is 10.2. The van der Waals surface area contributed by atoms with Crippen molar-refractivity contribution in [2.24, 2.45) is 0 Å². The molecular weight excluding hydrogens is 232 g/mol. The van der Waals surface area contributed by atoms with Crippen molar-refractivity contribution in [2.75, 3.05) is 13.1 Å². The van der Waals surface area contributed by atoms with Gasteiger partial charge >= 0.3 is 5.97 Å². The Hall–Kier alpha value is -1.10. The molecule has 5 heteroatoms. The van der Waals surface area contributed by atoms with Gasteiger partial charge in [0.2, 0.25) is 5.91 Å². The van der Waals surface area contributed by atoms with Crippen LogP contribution in [0.1, 0.15) is 51.4 Å². The fourth-order valence-electron chi connectivity index (χ4n) is 1.73. The Balaban J connectivity index is 1.75. The Kier molecular flexibility index (Phi) is 7.41. The molecule has 18 heavy (non-hydrogen) atoms. The molecule has 104 valence electrons. The van der Waals surface area contributed by atoms with Crippen molar-refractivity contribution in [1.29, 1.82) is 0 Å². The Labute approximate surface area is 108 Å². The Morgan fingerprint density at radius 2 is 1.72 bits per heavy atom. The van der Waals surface area contributed by atoms with Crippen molar-refractivity contribution in [3.63, 3.8) is 0 Å². The van der Waals surface area contributed by atoms with E-state index in [-0.39, 0.29) is 12.3 Å². The third-order valence-electron chi connectivity index (χ3n) is 2.94. The van der Waals surface area contributed by atoms with Crippen LogP contribution in [-0.2, 0) is 9.59 Å².